The van der Waals surface area contributed by atoms with Gasteiger partial charge in [0.05, 0.1) is 12.5 Å². The molecule has 1 unspecified atom stereocenters. The van der Waals surface area contributed by atoms with Gasteiger partial charge in [0.15, 0.2) is 0 Å². The van der Waals surface area contributed by atoms with Gasteiger partial charge in [0.2, 0.25) is 5.91 Å². The highest BCUT2D eigenvalue weighted by Crippen LogP contribution is 1.99. The Morgan fingerprint density at radius 3 is 2.71 bits per heavy atom. The second-order valence-electron chi connectivity index (χ2n) is 3.08. The number of hydrogen-bond acceptors (Lipinski definition) is 2. The van der Waals surface area contributed by atoms with Crippen LogP contribution in [0.3, 0.4) is 0 Å². The molecule has 0 aliphatic heterocycles. The first kappa shape index (κ1) is 10.3. The van der Waals surface area contributed by atoms with E-state index in [9.17, 15) is 4.79 Å². The Labute approximate surface area is 83.4 Å². The molecule has 0 saturated carbocycles. The minimum Gasteiger partial charge on any atom is -0.340 e. The Morgan fingerprint density at radius 2 is 2.14 bits per heavy atom. The molecule has 72 valence electrons. The standard InChI is InChI=1S/C11H12N2O/c1-9(8-12)13-11(14)7-10-5-3-2-4-6-10/h2-6,9H,7H2,1H3,(H,13,14). The third-order valence-electron chi connectivity index (χ3n) is 1.78. The van der Waals surface area contributed by atoms with E-state index in [-0.39, 0.29) is 5.91 Å². The molecular formula is C11H12N2O. The lowest BCUT2D eigenvalue weighted by Crippen LogP contribution is -2.32. The molecule has 0 aromatic heterocycles. The highest BCUT2D eigenvalue weighted by atomic mass is 16.1. The molecular weight excluding hydrogens is 176 g/mol. The lowest BCUT2D eigenvalue weighted by atomic mass is 10.1. The van der Waals surface area contributed by atoms with E-state index in [0.29, 0.717) is 6.42 Å². The maximum atomic E-state index is 11.3. The molecule has 0 spiro atoms. The number of hydrogen-bond donors (Lipinski definition) is 1. The average Bonchev–Trinajstić information content (AvgIpc) is 2.19. The summed E-state index contributed by atoms with van der Waals surface area (Å²) in [5.74, 6) is -0.120. The second-order valence-corrected chi connectivity index (χ2v) is 3.08. The van der Waals surface area contributed by atoms with Crippen molar-refractivity contribution in [2.45, 2.75) is 19.4 Å². The van der Waals surface area contributed by atoms with E-state index in [0.717, 1.165) is 5.56 Å². The number of nitriles is 1. The number of carbonyl (C=O) groups is 1. The van der Waals surface area contributed by atoms with Gasteiger partial charge in [0, 0.05) is 0 Å². The van der Waals surface area contributed by atoms with Gasteiger partial charge in [-0.25, -0.2) is 0 Å². The predicted octanol–water partition coefficient (Wildman–Crippen LogP) is 1.26. The first-order valence-electron chi connectivity index (χ1n) is 4.45. The number of nitrogens with zero attached hydrogens (tertiary/aromatic N) is 1. The van der Waals surface area contributed by atoms with Crippen molar-refractivity contribution in [3.63, 3.8) is 0 Å². The maximum absolute atomic E-state index is 11.3. The van der Waals surface area contributed by atoms with Crippen LogP contribution in [0.4, 0.5) is 0 Å². The van der Waals surface area contributed by atoms with E-state index in [1.807, 2.05) is 36.4 Å². The van der Waals surface area contributed by atoms with Crippen LogP contribution in [0, 0.1) is 11.3 Å². The number of nitrogens with one attached hydrogen (secondary N) is 1. The summed E-state index contributed by atoms with van der Waals surface area (Å²) in [5.41, 5.74) is 0.954. The zero-order valence-electron chi connectivity index (χ0n) is 8.03. The molecule has 1 aromatic carbocycles. The van der Waals surface area contributed by atoms with Gasteiger partial charge in [-0.15, -0.1) is 0 Å². The van der Waals surface area contributed by atoms with E-state index in [1.165, 1.54) is 0 Å². The number of benzene rings is 1. The van der Waals surface area contributed by atoms with Crippen LogP contribution in [0.15, 0.2) is 30.3 Å². The monoisotopic (exact) mass is 188 g/mol. The molecule has 1 N–H and O–H groups in total. The molecule has 0 fully saturated rings. The van der Waals surface area contributed by atoms with Crippen molar-refractivity contribution in [3.8, 4) is 6.07 Å². The zero-order chi connectivity index (χ0) is 10.4. The number of amides is 1. The van der Waals surface area contributed by atoms with Crippen LogP contribution in [0.2, 0.25) is 0 Å². The average molecular weight is 188 g/mol. The molecule has 0 saturated heterocycles. The van der Waals surface area contributed by atoms with Gasteiger partial charge in [0.25, 0.3) is 0 Å². The minimum absolute atomic E-state index is 0.120. The quantitative estimate of drug-likeness (QED) is 0.776. The van der Waals surface area contributed by atoms with Crippen molar-refractivity contribution >= 4 is 5.91 Å². The van der Waals surface area contributed by atoms with Crippen LogP contribution >= 0.6 is 0 Å². The third kappa shape index (κ3) is 3.28. The lowest BCUT2D eigenvalue weighted by molar-refractivity contribution is -0.120. The summed E-state index contributed by atoms with van der Waals surface area (Å²) in [6.45, 7) is 1.66. The smallest absolute Gasteiger partial charge is 0.225 e. The van der Waals surface area contributed by atoms with Crippen LogP contribution < -0.4 is 5.32 Å². The van der Waals surface area contributed by atoms with Gasteiger partial charge < -0.3 is 5.32 Å². The molecule has 0 aliphatic carbocycles. The van der Waals surface area contributed by atoms with E-state index < -0.39 is 6.04 Å². The van der Waals surface area contributed by atoms with Crippen LogP contribution in [-0.2, 0) is 11.2 Å². The summed E-state index contributed by atoms with van der Waals surface area (Å²) < 4.78 is 0. The van der Waals surface area contributed by atoms with E-state index in [2.05, 4.69) is 5.32 Å². The third-order valence-corrected chi connectivity index (χ3v) is 1.78. The predicted molar refractivity (Wildman–Crippen MR) is 53.4 cm³/mol. The molecule has 0 aliphatic rings. The van der Waals surface area contributed by atoms with Gasteiger partial charge in [-0.3, -0.25) is 4.79 Å². The Bertz CT molecular complexity index is 340. The van der Waals surface area contributed by atoms with Crippen molar-refractivity contribution in [1.29, 1.82) is 5.26 Å². The van der Waals surface area contributed by atoms with Crippen molar-refractivity contribution in [3.05, 3.63) is 35.9 Å². The van der Waals surface area contributed by atoms with Gasteiger partial charge >= 0.3 is 0 Å². The molecule has 1 rings (SSSR count). The fourth-order valence-electron chi connectivity index (χ4n) is 1.11. The van der Waals surface area contributed by atoms with Gasteiger partial charge in [-0.05, 0) is 12.5 Å². The van der Waals surface area contributed by atoms with E-state index in [1.54, 1.807) is 6.92 Å². The van der Waals surface area contributed by atoms with Crippen molar-refractivity contribution in [2.75, 3.05) is 0 Å². The number of rotatable bonds is 3. The fraction of sp³-hybridized carbons (Fsp3) is 0.273. The van der Waals surface area contributed by atoms with Crippen LogP contribution in [0.25, 0.3) is 0 Å². The summed E-state index contributed by atoms with van der Waals surface area (Å²) in [6, 6.07) is 11.0. The Morgan fingerprint density at radius 1 is 1.50 bits per heavy atom. The zero-order valence-corrected chi connectivity index (χ0v) is 8.03. The summed E-state index contributed by atoms with van der Waals surface area (Å²) in [4.78, 5) is 11.3. The summed E-state index contributed by atoms with van der Waals surface area (Å²) >= 11 is 0. The SMILES string of the molecule is CC(C#N)NC(=O)Cc1ccccc1. The summed E-state index contributed by atoms with van der Waals surface area (Å²) in [6.07, 6.45) is 0.326. The Kier molecular flexibility index (Phi) is 3.69. The highest BCUT2D eigenvalue weighted by Gasteiger charge is 2.05. The fourth-order valence-corrected chi connectivity index (χ4v) is 1.11. The first-order chi connectivity index (χ1) is 6.72. The lowest BCUT2D eigenvalue weighted by Gasteiger charge is -2.05. The summed E-state index contributed by atoms with van der Waals surface area (Å²) in [7, 11) is 0. The van der Waals surface area contributed by atoms with Crippen LogP contribution in [-0.4, -0.2) is 11.9 Å². The molecule has 0 bridgehead atoms. The first-order valence-corrected chi connectivity index (χ1v) is 4.45. The minimum atomic E-state index is -0.425. The number of carbonyl (C=O) groups excluding carboxylic acids is 1. The van der Waals surface area contributed by atoms with Gasteiger partial charge in [-0.2, -0.15) is 5.26 Å². The van der Waals surface area contributed by atoms with Crippen molar-refractivity contribution in [1.82, 2.24) is 5.32 Å². The Hall–Kier alpha value is -1.82. The van der Waals surface area contributed by atoms with E-state index >= 15 is 0 Å². The largest absolute Gasteiger partial charge is 0.340 e. The Balaban J connectivity index is 2.47. The van der Waals surface area contributed by atoms with Crippen molar-refractivity contribution < 1.29 is 4.79 Å². The summed E-state index contributed by atoms with van der Waals surface area (Å²) in [5, 5.41) is 11.1. The normalized spacial score (nSPS) is 11.4. The molecule has 0 heterocycles. The van der Waals surface area contributed by atoms with E-state index in [4.69, 9.17) is 5.26 Å². The van der Waals surface area contributed by atoms with Crippen LogP contribution in [0.1, 0.15) is 12.5 Å². The molecule has 1 aromatic rings. The molecule has 3 nitrogen and oxygen atoms in total. The molecule has 3 heteroatoms. The van der Waals surface area contributed by atoms with Crippen LogP contribution in [0.5, 0.6) is 0 Å². The van der Waals surface area contributed by atoms with Crippen molar-refractivity contribution in [2.24, 2.45) is 0 Å². The second kappa shape index (κ2) is 5.03. The van der Waals surface area contributed by atoms with Gasteiger partial charge in [0.1, 0.15) is 6.04 Å². The molecule has 0 radical (unpaired) electrons. The molecule has 1 atom stereocenters. The van der Waals surface area contributed by atoms with Gasteiger partial charge in [-0.1, -0.05) is 30.3 Å². The maximum Gasteiger partial charge on any atom is 0.225 e. The molecule has 14 heavy (non-hydrogen) atoms. The highest BCUT2D eigenvalue weighted by molar-refractivity contribution is 5.79. The molecule has 1 amide bonds. The topological polar surface area (TPSA) is 52.9 Å².